The van der Waals surface area contributed by atoms with Crippen LogP contribution in [0.1, 0.15) is 29.6 Å². The molecule has 1 atom stereocenters. The second kappa shape index (κ2) is 8.24. The van der Waals surface area contributed by atoms with Crippen molar-refractivity contribution in [3.05, 3.63) is 23.9 Å². The molecule has 9 nitrogen and oxygen atoms in total. The zero-order valence-electron chi connectivity index (χ0n) is 15.5. The van der Waals surface area contributed by atoms with Crippen LogP contribution in [0.25, 0.3) is 0 Å². The normalized spacial score (nSPS) is 20.3. The third-order valence-electron chi connectivity index (χ3n) is 5.14. The minimum Gasteiger partial charge on any atom is -0.453 e. The second-order valence-corrected chi connectivity index (χ2v) is 6.73. The lowest BCUT2D eigenvalue weighted by molar-refractivity contribution is -0.137. The molecule has 0 unspecified atom stereocenters. The number of amides is 3. The average molecular weight is 375 g/mol. The third kappa shape index (κ3) is 3.96. The van der Waals surface area contributed by atoms with Crippen LogP contribution in [0.5, 0.6) is 0 Å². The van der Waals surface area contributed by atoms with Crippen molar-refractivity contribution in [2.24, 2.45) is 5.73 Å². The maximum atomic E-state index is 13.0. The summed E-state index contributed by atoms with van der Waals surface area (Å²) in [5.41, 5.74) is 5.81. The number of methoxy groups -OCH3 is 1. The molecule has 1 aromatic heterocycles. The van der Waals surface area contributed by atoms with Gasteiger partial charge >= 0.3 is 6.09 Å². The topological polar surface area (TPSA) is 109 Å². The number of hydrogen-bond donors (Lipinski definition) is 1. The molecule has 27 heavy (non-hydrogen) atoms. The quantitative estimate of drug-likeness (QED) is 0.822. The van der Waals surface area contributed by atoms with Crippen LogP contribution in [0.3, 0.4) is 0 Å². The van der Waals surface area contributed by atoms with Gasteiger partial charge in [-0.1, -0.05) is 0 Å². The number of nitrogens with zero attached hydrogens (tertiary/aromatic N) is 4. The Morgan fingerprint density at radius 2 is 1.89 bits per heavy atom. The van der Waals surface area contributed by atoms with Gasteiger partial charge in [-0.3, -0.25) is 14.5 Å². The number of ether oxygens (including phenoxy) is 1. The van der Waals surface area contributed by atoms with E-state index in [0.717, 1.165) is 12.8 Å². The Bertz CT molecular complexity index is 717. The Morgan fingerprint density at radius 1 is 1.15 bits per heavy atom. The number of rotatable bonds is 3. The van der Waals surface area contributed by atoms with Crippen LogP contribution in [-0.2, 0) is 9.53 Å². The maximum Gasteiger partial charge on any atom is 0.410 e. The average Bonchev–Trinajstić information content (AvgIpc) is 2.72. The molecule has 0 aliphatic carbocycles. The monoisotopic (exact) mass is 375 g/mol. The highest BCUT2D eigenvalue weighted by atomic mass is 16.5. The number of pyridine rings is 1. The largest absolute Gasteiger partial charge is 0.453 e. The van der Waals surface area contributed by atoms with E-state index in [1.54, 1.807) is 23.2 Å². The second-order valence-electron chi connectivity index (χ2n) is 6.73. The van der Waals surface area contributed by atoms with E-state index in [1.165, 1.54) is 12.0 Å². The molecule has 0 bridgehead atoms. The van der Waals surface area contributed by atoms with Gasteiger partial charge in [0.2, 0.25) is 5.91 Å². The van der Waals surface area contributed by atoms with Gasteiger partial charge in [0.1, 0.15) is 11.9 Å². The van der Waals surface area contributed by atoms with Gasteiger partial charge in [0, 0.05) is 38.9 Å². The highest BCUT2D eigenvalue weighted by molar-refractivity contribution is 5.97. The molecule has 3 rings (SSSR count). The van der Waals surface area contributed by atoms with E-state index >= 15 is 0 Å². The molecule has 2 aliphatic heterocycles. The number of anilines is 1. The third-order valence-corrected chi connectivity index (χ3v) is 5.14. The lowest BCUT2D eigenvalue weighted by atomic mass is 10.0. The number of likely N-dealkylation sites (tertiary alicyclic amines) is 1. The van der Waals surface area contributed by atoms with Gasteiger partial charge < -0.3 is 20.3 Å². The van der Waals surface area contributed by atoms with Crippen molar-refractivity contribution >= 4 is 23.7 Å². The molecule has 9 heteroatoms. The first-order chi connectivity index (χ1) is 13.0. The highest BCUT2D eigenvalue weighted by Crippen LogP contribution is 2.22. The zero-order valence-corrected chi connectivity index (χ0v) is 15.5. The number of nitrogens with two attached hydrogens (primary N) is 1. The van der Waals surface area contributed by atoms with Gasteiger partial charge in [-0.2, -0.15) is 0 Å². The van der Waals surface area contributed by atoms with Gasteiger partial charge in [-0.15, -0.1) is 0 Å². The summed E-state index contributed by atoms with van der Waals surface area (Å²) in [5, 5.41) is 0. The van der Waals surface area contributed by atoms with Gasteiger partial charge in [-0.05, 0) is 31.4 Å². The zero-order chi connectivity index (χ0) is 19.4. The smallest absolute Gasteiger partial charge is 0.410 e. The summed E-state index contributed by atoms with van der Waals surface area (Å²) in [6, 6.07) is 2.86. The van der Waals surface area contributed by atoms with E-state index < -0.39 is 18.0 Å². The van der Waals surface area contributed by atoms with Crippen molar-refractivity contribution in [1.82, 2.24) is 14.8 Å². The number of carbonyl (C=O) groups is 3. The number of carbonyl (C=O) groups excluding carboxylic acids is 3. The molecule has 146 valence electrons. The number of hydrogen-bond acceptors (Lipinski definition) is 6. The van der Waals surface area contributed by atoms with Crippen molar-refractivity contribution in [2.45, 2.75) is 25.3 Å². The molecule has 2 N–H and O–H groups in total. The van der Waals surface area contributed by atoms with Crippen molar-refractivity contribution < 1.29 is 19.1 Å². The van der Waals surface area contributed by atoms with E-state index in [2.05, 4.69) is 4.98 Å². The van der Waals surface area contributed by atoms with Crippen LogP contribution in [0.15, 0.2) is 18.3 Å². The van der Waals surface area contributed by atoms with Crippen molar-refractivity contribution in [1.29, 1.82) is 0 Å². The lowest BCUT2D eigenvalue weighted by Gasteiger charge is -2.40. The van der Waals surface area contributed by atoms with Crippen LogP contribution >= 0.6 is 0 Å². The predicted octanol–water partition coefficient (Wildman–Crippen LogP) is 0.450. The van der Waals surface area contributed by atoms with Gasteiger partial charge in [0.05, 0.1) is 12.7 Å². The molecule has 2 saturated heterocycles. The summed E-state index contributed by atoms with van der Waals surface area (Å²) < 4.78 is 4.82. The Morgan fingerprint density at radius 3 is 2.56 bits per heavy atom. The number of piperidine rings is 1. The molecule has 2 fully saturated rings. The standard InChI is InChI=1S/C18H25N5O4/c1-27-18(26)23-8-3-2-6-14(23)17(25)22-11-9-21(10-12-22)16-13(15(19)24)5-4-7-20-16/h4-5,7,14H,2-3,6,8-12H2,1H3,(H2,19,24)/t14-/m1/s1. The van der Waals surface area contributed by atoms with E-state index in [0.29, 0.717) is 50.5 Å². The van der Waals surface area contributed by atoms with Gasteiger partial charge in [0.25, 0.3) is 5.91 Å². The van der Waals surface area contributed by atoms with Crippen molar-refractivity contribution in [3.8, 4) is 0 Å². The summed E-state index contributed by atoms with van der Waals surface area (Å²) in [6.45, 7) is 2.64. The molecular formula is C18H25N5O4. The van der Waals surface area contributed by atoms with Crippen LogP contribution in [-0.4, -0.2) is 78.6 Å². The number of aromatic nitrogens is 1. The molecule has 3 amide bonds. The molecule has 0 radical (unpaired) electrons. The van der Waals surface area contributed by atoms with Crippen LogP contribution in [0, 0.1) is 0 Å². The molecule has 0 saturated carbocycles. The van der Waals surface area contributed by atoms with Crippen LogP contribution in [0.4, 0.5) is 10.6 Å². The van der Waals surface area contributed by atoms with E-state index in [1.807, 2.05) is 4.90 Å². The number of piperazine rings is 1. The molecular weight excluding hydrogens is 350 g/mol. The molecule has 2 aliphatic rings. The van der Waals surface area contributed by atoms with E-state index in [9.17, 15) is 14.4 Å². The summed E-state index contributed by atoms with van der Waals surface area (Å²) in [7, 11) is 1.33. The SMILES string of the molecule is COC(=O)N1CCCC[C@@H]1C(=O)N1CCN(c2ncccc2C(N)=O)CC1. The fraction of sp³-hybridized carbons (Fsp3) is 0.556. The number of primary amides is 1. The molecule has 1 aromatic rings. The fourth-order valence-electron chi connectivity index (χ4n) is 3.71. The fourth-order valence-corrected chi connectivity index (χ4v) is 3.71. The molecule has 0 aromatic carbocycles. The summed E-state index contributed by atoms with van der Waals surface area (Å²) in [4.78, 5) is 46.1. The predicted molar refractivity (Wildman–Crippen MR) is 98.3 cm³/mol. The van der Waals surface area contributed by atoms with E-state index in [4.69, 9.17) is 10.5 Å². The van der Waals surface area contributed by atoms with Gasteiger partial charge in [0.15, 0.2) is 0 Å². The van der Waals surface area contributed by atoms with Crippen LogP contribution in [0.2, 0.25) is 0 Å². The first kappa shape index (κ1) is 18.9. The Labute approximate surface area is 158 Å². The highest BCUT2D eigenvalue weighted by Gasteiger charge is 2.36. The van der Waals surface area contributed by atoms with Crippen molar-refractivity contribution in [3.63, 3.8) is 0 Å². The van der Waals surface area contributed by atoms with Gasteiger partial charge in [-0.25, -0.2) is 9.78 Å². The Balaban J connectivity index is 1.66. The van der Waals surface area contributed by atoms with Crippen molar-refractivity contribution in [2.75, 3.05) is 44.7 Å². The maximum absolute atomic E-state index is 13.0. The first-order valence-electron chi connectivity index (χ1n) is 9.16. The minimum absolute atomic E-state index is 0.0455. The summed E-state index contributed by atoms with van der Waals surface area (Å²) in [5.74, 6) is -0.0191. The van der Waals surface area contributed by atoms with E-state index in [-0.39, 0.29) is 5.91 Å². The Hall–Kier alpha value is -2.84. The minimum atomic E-state index is -0.521. The Kier molecular flexibility index (Phi) is 5.78. The lowest BCUT2D eigenvalue weighted by Crippen LogP contribution is -2.57. The molecule has 3 heterocycles. The first-order valence-corrected chi connectivity index (χ1v) is 9.16. The molecule has 0 spiro atoms. The summed E-state index contributed by atoms with van der Waals surface area (Å²) >= 11 is 0. The van der Waals surface area contributed by atoms with Crippen LogP contribution < -0.4 is 10.6 Å². The summed E-state index contributed by atoms with van der Waals surface area (Å²) in [6.07, 6.45) is 3.61.